The summed E-state index contributed by atoms with van der Waals surface area (Å²) in [6.45, 7) is 1.97. The van der Waals surface area contributed by atoms with Crippen LogP contribution in [0.5, 0.6) is 0 Å². The number of carbonyl (C=O) groups excluding carboxylic acids is 1. The van der Waals surface area contributed by atoms with Gasteiger partial charge < -0.3 is 0 Å². The molecule has 0 bridgehead atoms. The summed E-state index contributed by atoms with van der Waals surface area (Å²) in [5, 5.41) is 9.30. The highest BCUT2D eigenvalue weighted by Gasteiger charge is 2.14. The SMILES string of the molecule is Cc1ccc(N=C(NO)C(=O)c2ccc(-c3ccccc3)cc2)cc1. The molecule has 25 heavy (non-hydrogen) atoms. The van der Waals surface area contributed by atoms with E-state index in [1.54, 1.807) is 24.3 Å². The quantitative estimate of drug-likeness (QED) is 0.319. The van der Waals surface area contributed by atoms with Crippen molar-refractivity contribution < 1.29 is 10.0 Å². The molecule has 0 amide bonds. The predicted molar refractivity (Wildman–Crippen MR) is 99.4 cm³/mol. The lowest BCUT2D eigenvalue weighted by molar-refractivity contribution is 0.104. The van der Waals surface area contributed by atoms with Crippen LogP contribution in [0.15, 0.2) is 83.9 Å². The minimum Gasteiger partial charge on any atom is -0.290 e. The zero-order chi connectivity index (χ0) is 17.6. The predicted octanol–water partition coefficient (Wildman–Crippen LogP) is 4.55. The number of nitrogens with one attached hydrogen (secondary N) is 1. The number of ketones is 1. The molecule has 0 unspecified atom stereocenters. The summed E-state index contributed by atoms with van der Waals surface area (Å²) in [6, 6.07) is 24.5. The maximum atomic E-state index is 12.5. The van der Waals surface area contributed by atoms with Crippen LogP contribution in [-0.2, 0) is 0 Å². The van der Waals surface area contributed by atoms with Gasteiger partial charge in [-0.15, -0.1) is 0 Å². The van der Waals surface area contributed by atoms with E-state index in [1.807, 2.05) is 67.0 Å². The molecule has 0 aliphatic heterocycles. The first-order valence-electron chi connectivity index (χ1n) is 7.93. The molecule has 0 aromatic heterocycles. The van der Waals surface area contributed by atoms with E-state index in [0.29, 0.717) is 11.3 Å². The van der Waals surface area contributed by atoms with E-state index in [0.717, 1.165) is 16.7 Å². The third-order valence-electron chi connectivity index (χ3n) is 3.85. The van der Waals surface area contributed by atoms with Crippen LogP contribution in [0.4, 0.5) is 5.69 Å². The first kappa shape index (κ1) is 16.6. The molecule has 0 heterocycles. The Balaban J connectivity index is 1.84. The van der Waals surface area contributed by atoms with E-state index in [1.165, 1.54) is 0 Å². The van der Waals surface area contributed by atoms with Crippen molar-refractivity contribution in [3.8, 4) is 11.1 Å². The van der Waals surface area contributed by atoms with E-state index in [-0.39, 0.29) is 11.6 Å². The number of hydroxylamine groups is 1. The van der Waals surface area contributed by atoms with E-state index in [9.17, 15) is 10.0 Å². The van der Waals surface area contributed by atoms with Crippen molar-refractivity contribution in [2.24, 2.45) is 4.99 Å². The lowest BCUT2D eigenvalue weighted by atomic mass is 10.0. The van der Waals surface area contributed by atoms with Crippen LogP contribution in [0.1, 0.15) is 15.9 Å². The van der Waals surface area contributed by atoms with Gasteiger partial charge >= 0.3 is 0 Å². The highest BCUT2D eigenvalue weighted by Crippen LogP contribution is 2.20. The van der Waals surface area contributed by atoms with Crippen LogP contribution < -0.4 is 5.48 Å². The molecule has 3 aromatic rings. The lowest BCUT2D eigenvalue weighted by Gasteiger charge is -2.06. The minimum atomic E-state index is -0.373. The Bertz CT molecular complexity index is 883. The molecule has 4 heteroatoms. The maximum Gasteiger partial charge on any atom is 0.230 e. The summed E-state index contributed by atoms with van der Waals surface area (Å²) >= 11 is 0. The number of hydrogen-bond acceptors (Lipinski definition) is 3. The van der Waals surface area contributed by atoms with Gasteiger partial charge in [0.05, 0.1) is 5.69 Å². The van der Waals surface area contributed by atoms with Crippen molar-refractivity contribution in [3.63, 3.8) is 0 Å². The number of aliphatic imine (C=N–C) groups is 1. The van der Waals surface area contributed by atoms with Crippen LogP contribution in [0.25, 0.3) is 11.1 Å². The summed E-state index contributed by atoms with van der Waals surface area (Å²) in [5.74, 6) is -0.487. The normalized spacial score (nSPS) is 11.2. The minimum absolute atomic E-state index is 0.115. The van der Waals surface area contributed by atoms with Gasteiger partial charge in [0.25, 0.3) is 0 Å². The molecule has 0 radical (unpaired) electrons. The molecule has 3 aromatic carbocycles. The van der Waals surface area contributed by atoms with Gasteiger partial charge in [0, 0.05) is 5.56 Å². The molecule has 3 rings (SSSR count). The second kappa shape index (κ2) is 7.55. The van der Waals surface area contributed by atoms with Gasteiger partial charge in [0.2, 0.25) is 5.78 Å². The monoisotopic (exact) mass is 330 g/mol. The largest absolute Gasteiger partial charge is 0.290 e. The fraction of sp³-hybridized carbons (Fsp3) is 0.0476. The van der Waals surface area contributed by atoms with Gasteiger partial charge in [-0.25, -0.2) is 10.5 Å². The fourth-order valence-corrected chi connectivity index (χ4v) is 2.46. The number of hydrogen-bond donors (Lipinski definition) is 2. The Hall–Kier alpha value is -3.24. The van der Waals surface area contributed by atoms with Crippen LogP contribution in [0.2, 0.25) is 0 Å². The van der Waals surface area contributed by atoms with Gasteiger partial charge in [0.15, 0.2) is 5.84 Å². The van der Waals surface area contributed by atoms with Gasteiger partial charge in [-0.05, 0) is 30.2 Å². The van der Waals surface area contributed by atoms with Gasteiger partial charge in [-0.1, -0.05) is 72.3 Å². The molecule has 0 aliphatic carbocycles. The maximum absolute atomic E-state index is 12.5. The van der Waals surface area contributed by atoms with E-state index in [2.05, 4.69) is 4.99 Å². The topological polar surface area (TPSA) is 61.7 Å². The Morgan fingerprint density at radius 1 is 0.840 bits per heavy atom. The number of Topliss-reactive ketones (excluding diaryl/α,β-unsaturated/α-hetero) is 1. The summed E-state index contributed by atoms with van der Waals surface area (Å²) in [7, 11) is 0. The van der Waals surface area contributed by atoms with E-state index < -0.39 is 0 Å². The van der Waals surface area contributed by atoms with Crippen molar-refractivity contribution >= 4 is 17.3 Å². The highest BCUT2D eigenvalue weighted by molar-refractivity contribution is 6.45. The van der Waals surface area contributed by atoms with Crippen molar-refractivity contribution in [3.05, 3.63) is 90.0 Å². The Morgan fingerprint density at radius 2 is 1.44 bits per heavy atom. The molecule has 0 fully saturated rings. The molecule has 0 saturated heterocycles. The van der Waals surface area contributed by atoms with Crippen LogP contribution >= 0.6 is 0 Å². The van der Waals surface area contributed by atoms with Crippen molar-refractivity contribution in [1.82, 2.24) is 5.48 Å². The smallest absolute Gasteiger partial charge is 0.230 e. The molecular weight excluding hydrogens is 312 g/mol. The van der Waals surface area contributed by atoms with Crippen LogP contribution in [-0.4, -0.2) is 16.8 Å². The molecule has 0 spiro atoms. The molecule has 0 atom stereocenters. The average Bonchev–Trinajstić information content (AvgIpc) is 2.68. The zero-order valence-electron chi connectivity index (χ0n) is 13.8. The number of nitrogens with zero attached hydrogens (tertiary/aromatic N) is 1. The highest BCUT2D eigenvalue weighted by atomic mass is 16.5. The fourth-order valence-electron chi connectivity index (χ4n) is 2.46. The van der Waals surface area contributed by atoms with Gasteiger partial charge in [0.1, 0.15) is 0 Å². The molecule has 2 N–H and O–H groups in total. The third kappa shape index (κ3) is 4.00. The summed E-state index contributed by atoms with van der Waals surface area (Å²) in [4.78, 5) is 16.7. The second-order valence-corrected chi connectivity index (χ2v) is 5.68. The van der Waals surface area contributed by atoms with Gasteiger partial charge in [-0.2, -0.15) is 0 Å². The number of aryl methyl sites for hydroxylation is 1. The third-order valence-corrected chi connectivity index (χ3v) is 3.85. The summed E-state index contributed by atoms with van der Waals surface area (Å²) < 4.78 is 0. The molecule has 4 nitrogen and oxygen atoms in total. The number of carbonyl (C=O) groups is 1. The number of rotatable bonds is 4. The second-order valence-electron chi connectivity index (χ2n) is 5.68. The first-order valence-corrected chi connectivity index (χ1v) is 7.93. The van der Waals surface area contributed by atoms with Crippen LogP contribution in [0.3, 0.4) is 0 Å². The van der Waals surface area contributed by atoms with E-state index in [4.69, 9.17) is 0 Å². The van der Waals surface area contributed by atoms with E-state index >= 15 is 0 Å². The lowest BCUT2D eigenvalue weighted by Crippen LogP contribution is -2.28. The standard InChI is InChI=1S/C21H18N2O2/c1-15-7-13-19(14-8-15)22-21(23-25)20(24)18-11-9-17(10-12-18)16-5-3-2-4-6-16/h2-14,25H,1H3,(H,22,23). The summed E-state index contributed by atoms with van der Waals surface area (Å²) in [5.41, 5.74) is 6.15. The van der Waals surface area contributed by atoms with Gasteiger partial charge in [-0.3, -0.25) is 10.0 Å². The number of amidine groups is 1. The average molecular weight is 330 g/mol. The molecular formula is C21H18N2O2. The molecule has 0 aliphatic rings. The Kier molecular flexibility index (Phi) is 5.02. The Morgan fingerprint density at radius 3 is 2.04 bits per heavy atom. The first-order chi connectivity index (χ1) is 12.2. The zero-order valence-corrected chi connectivity index (χ0v) is 13.8. The van der Waals surface area contributed by atoms with Crippen LogP contribution in [0, 0.1) is 6.92 Å². The van der Waals surface area contributed by atoms with Crippen molar-refractivity contribution in [1.29, 1.82) is 0 Å². The number of benzene rings is 3. The Labute approximate surface area is 146 Å². The summed E-state index contributed by atoms with van der Waals surface area (Å²) in [6.07, 6.45) is 0. The molecule has 124 valence electrons. The van der Waals surface area contributed by atoms with Crippen molar-refractivity contribution in [2.45, 2.75) is 6.92 Å². The van der Waals surface area contributed by atoms with Crippen molar-refractivity contribution in [2.75, 3.05) is 0 Å². The molecule has 0 saturated carbocycles.